The molecule has 0 aliphatic carbocycles. The molecule has 1 atom stereocenters. The largest absolute Gasteiger partial charge is 0.489 e. The maximum absolute atomic E-state index is 13.2. The number of carbonyl (C=O) groups excluding carboxylic acids is 1. The van der Waals surface area contributed by atoms with E-state index < -0.39 is 0 Å². The van der Waals surface area contributed by atoms with Gasteiger partial charge in [-0.2, -0.15) is 0 Å². The van der Waals surface area contributed by atoms with E-state index in [4.69, 9.17) is 14.2 Å². The molecule has 1 saturated heterocycles. The molecule has 2 aromatic carbocycles. The van der Waals surface area contributed by atoms with E-state index in [1.165, 1.54) is 16.9 Å². The highest BCUT2D eigenvalue weighted by Gasteiger charge is 2.26. The number of rotatable bonds is 5. The van der Waals surface area contributed by atoms with Crippen LogP contribution in [0, 0.1) is 19.8 Å². The van der Waals surface area contributed by atoms with Gasteiger partial charge in [-0.05, 0) is 61.2 Å². The molecule has 1 fully saturated rings. The average Bonchev–Trinajstić information content (AvgIpc) is 3.44. The van der Waals surface area contributed by atoms with Gasteiger partial charge in [0, 0.05) is 29.5 Å². The Kier molecular flexibility index (Phi) is 6.38. The molecule has 6 heteroatoms. The summed E-state index contributed by atoms with van der Waals surface area (Å²) in [4.78, 5) is 17.0. The number of hydrogen-bond donors (Lipinski definition) is 0. The first-order chi connectivity index (χ1) is 16.1. The van der Waals surface area contributed by atoms with Crippen molar-refractivity contribution in [1.29, 1.82) is 0 Å². The van der Waals surface area contributed by atoms with Crippen LogP contribution in [0.5, 0.6) is 11.5 Å². The lowest BCUT2D eigenvalue weighted by Gasteiger charge is -2.20. The van der Waals surface area contributed by atoms with Crippen LogP contribution in [0.4, 0.5) is 0 Å². The Labute approximate surface area is 198 Å². The molecular formula is C27H29NO4S. The minimum absolute atomic E-state index is 0.0522. The van der Waals surface area contributed by atoms with Gasteiger partial charge in [-0.1, -0.05) is 24.3 Å². The zero-order chi connectivity index (χ0) is 22.8. The van der Waals surface area contributed by atoms with Gasteiger partial charge < -0.3 is 19.1 Å². The monoisotopic (exact) mass is 463 g/mol. The van der Waals surface area contributed by atoms with Crippen LogP contribution in [-0.2, 0) is 11.3 Å². The van der Waals surface area contributed by atoms with Crippen LogP contribution in [0.25, 0.3) is 11.1 Å². The van der Waals surface area contributed by atoms with Crippen LogP contribution in [-0.4, -0.2) is 43.8 Å². The Morgan fingerprint density at radius 2 is 2.03 bits per heavy atom. The van der Waals surface area contributed by atoms with Crippen molar-refractivity contribution in [3.63, 3.8) is 0 Å². The fourth-order valence-electron chi connectivity index (χ4n) is 4.44. The van der Waals surface area contributed by atoms with Crippen molar-refractivity contribution in [2.75, 3.05) is 33.0 Å². The van der Waals surface area contributed by atoms with Gasteiger partial charge in [-0.15, -0.1) is 11.3 Å². The third-order valence-electron chi connectivity index (χ3n) is 6.29. The number of aryl methyl sites for hydroxylation is 2. The molecule has 0 saturated carbocycles. The van der Waals surface area contributed by atoms with E-state index in [2.05, 4.69) is 37.3 Å². The summed E-state index contributed by atoms with van der Waals surface area (Å²) in [6.45, 7) is 7.75. The van der Waals surface area contributed by atoms with Crippen molar-refractivity contribution in [1.82, 2.24) is 4.90 Å². The van der Waals surface area contributed by atoms with Crippen molar-refractivity contribution in [2.24, 2.45) is 5.92 Å². The minimum Gasteiger partial charge on any atom is -0.489 e. The van der Waals surface area contributed by atoms with Gasteiger partial charge >= 0.3 is 0 Å². The lowest BCUT2D eigenvalue weighted by Crippen LogP contribution is -2.31. The second-order valence-corrected chi connectivity index (χ2v) is 10.1. The van der Waals surface area contributed by atoms with Gasteiger partial charge in [0.15, 0.2) is 11.5 Å². The van der Waals surface area contributed by atoms with Crippen LogP contribution in [0.2, 0.25) is 0 Å². The minimum atomic E-state index is 0.0522. The molecule has 0 spiro atoms. The van der Waals surface area contributed by atoms with Crippen LogP contribution in [0.15, 0.2) is 48.5 Å². The fraction of sp³-hybridized carbons (Fsp3) is 0.370. The Balaban J connectivity index is 1.50. The number of benzene rings is 2. The molecule has 1 amide bonds. The standard InChI is InChI=1S/C27H29NO4S/c1-18-5-3-4-6-23(18)21-13-22-15-28(27(29)25-8-7-19(2)33-25)10-12-31-26(22)24(14-21)32-17-20-9-11-30-16-20/h3-8,13-14,20H,9-12,15-17H2,1-2H3. The van der Waals surface area contributed by atoms with Gasteiger partial charge in [0.05, 0.1) is 24.6 Å². The Bertz CT molecular complexity index is 1150. The van der Waals surface area contributed by atoms with Crippen molar-refractivity contribution in [3.8, 4) is 22.6 Å². The summed E-state index contributed by atoms with van der Waals surface area (Å²) in [7, 11) is 0. The fourth-order valence-corrected chi connectivity index (χ4v) is 5.28. The molecule has 5 nitrogen and oxygen atoms in total. The molecule has 0 radical (unpaired) electrons. The Morgan fingerprint density at radius 3 is 2.79 bits per heavy atom. The summed E-state index contributed by atoms with van der Waals surface area (Å²) >= 11 is 1.54. The maximum Gasteiger partial charge on any atom is 0.264 e. The van der Waals surface area contributed by atoms with E-state index in [9.17, 15) is 4.79 Å². The van der Waals surface area contributed by atoms with Crippen LogP contribution in [0.1, 0.15) is 32.1 Å². The second kappa shape index (κ2) is 9.57. The molecule has 1 aromatic heterocycles. The number of carbonyl (C=O) groups is 1. The van der Waals surface area contributed by atoms with Gasteiger partial charge in [0.1, 0.15) is 6.61 Å². The number of fused-ring (bicyclic) bond motifs is 1. The van der Waals surface area contributed by atoms with E-state index in [-0.39, 0.29) is 5.91 Å². The summed E-state index contributed by atoms with van der Waals surface area (Å²) in [6.07, 6.45) is 1.02. The van der Waals surface area contributed by atoms with Crippen LogP contribution < -0.4 is 9.47 Å². The summed E-state index contributed by atoms with van der Waals surface area (Å²) < 4.78 is 18.0. The molecule has 2 aliphatic heterocycles. The highest BCUT2D eigenvalue weighted by Crippen LogP contribution is 2.40. The zero-order valence-electron chi connectivity index (χ0n) is 19.1. The van der Waals surface area contributed by atoms with Gasteiger partial charge in [0.25, 0.3) is 5.91 Å². The van der Waals surface area contributed by atoms with Crippen LogP contribution >= 0.6 is 11.3 Å². The third kappa shape index (κ3) is 4.77. The summed E-state index contributed by atoms with van der Waals surface area (Å²) in [5.74, 6) is 1.95. The first kappa shape index (κ1) is 22.0. The summed E-state index contributed by atoms with van der Waals surface area (Å²) in [5.41, 5.74) is 4.41. The van der Waals surface area contributed by atoms with Crippen molar-refractivity contribution in [2.45, 2.75) is 26.8 Å². The van der Waals surface area contributed by atoms with Gasteiger partial charge in [0.2, 0.25) is 0 Å². The molecule has 0 N–H and O–H groups in total. The van der Waals surface area contributed by atoms with E-state index in [0.717, 1.165) is 57.6 Å². The molecule has 172 valence electrons. The summed E-state index contributed by atoms with van der Waals surface area (Å²) in [6, 6.07) is 16.5. The summed E-state index contributed by atoms with van der Waals surface area (Å²) in [5, 5.41) is 0. The Morgan fingerprint density at radius 1 is 1.15 bits per heavy atom. The lowest BCUT2D eigenvalue weighted by molar-refractivity contribution is 0.0738. The Hall–Kier alpha value is -2.83. The smallest absolute Gasteiger partial charge is 0.264 e. The average molecular weight is 464 g/mol. The van der Waals surface area contributed by atoms with Crippen molar-refractivity contribution < 1.29 is 19.0 Å². The molecule has 0 bridgehead atoms. The highest BCUT2D eigenvalue weighted by atomic mass is 32.1. The normalized spacial score (nSPS) is 17.9. The topological polar surface area (TPSA) is 48.0 Å². The predicted octanol–water partition coefficient (Wildman–Crippen LogP) is 5.48. The number of hydrogen-bond acceptors (Lipinski definition) is 5. The molecule has 5 rings (SSSR count). The van der Waals surface area contributed by atoms with E-state index in [1.807, 2.05) is 30.0 Å². The SMILES string of the molecule is Cc1ccc(C(=O)N2CCOc3c(cc(-c4ccccc4C)cc3OCC3CCOC3)C2)s1. The van der Waals surface area contributed by atoms with Crippen molar-refractivity contribution in [3.05, 3.63) is 69.4 Å². The first-order valence-corrected chi connectivity index (χ1v) is 12.3. The number of nitrogens with zero attached hydrogens (tertiary/aromatic N) is 1. The molecule has 33 heavy (non-hydrogen) atoms. The van der Waals surface area contributed by atoms with Gasteiger partial charge in [-0.3, -0.25) is 4.79 Å². The van der Waals surface area contributed by atoms with E-state index in [1.54, 1.807) is 0 Å². The quantitative estimate of drug-likeness (QED) is 0.503. The molecule has 3 aromatic rings. The number of amides is 1. The molecule has 3 heterocycles. The first-order valence-electron chi connectivity index (χ1n) is 11.5. The molecule has 1 unspecified atom stereocenters. The van der Waals surface area contributed by atoms with Gasteiger partial charge in [-0.25, -0.2) is 0 Å². The maximum atomic E-state index is 13.2. The van der Waals surface area contributed by atoms with Crippen LogP contribution in [0.3, 0.4) is 0 Å². The predicted molar refractivity (Wildman–Crippen MR) is 130 cm³/mol. The van der Waals surface area contributed by atoms with Crippen molar-refractivity contribution >= 4 is 17.2 Å². The second-order valence-electron chi connectivity index (χ2n) is 8.80. The highest BCUT2D eigenvalue weighted by molar-refractivity contribution is 7.13. The number of ether oxygens (including phenoxy) is 3. The van der Waals surface area contributed by atoms with E-state index >= 15 is 0 Å². The van der Waals surface area contributed by atoms with E-state index in [0.29, 0.717) is 32.2 Å². The molecular weight excluding hydrogens is 434 g/mol. The lowest BCUT2D eigenvalue weighted by atomic mass is 9.97. The number of thiophene rings is 1. The zero-order valence-corrected chi connectivity index (χ0v) is 20.0. The third-order valence-corrected chi connectivity index (χ3v) is 7.28. The molecule has 2 aliphatic rings.